The summed E-state index contributed by atoms with van der Waals surface area (Å²) in [5.74, 6) is -1.28. The second kappa shape index (κ2) is 6.58. The molecule has 0 saturated carbocycles. The first kappa shape index (κ1) is 14.0. The minimum absolute atomic E-state index is 0.182. The van der Waals surface area contributed by atoms with Crippen LogP contribution in [0.5, 0.6) is 0 Å². The molecule has 0 fully saturated rings. The topological polar surface area (TPSA) is 84.2 Å². The van der Waals surface area contributed by atoms with Crippen molar-refractivity contribution in [2.75, 3.05) is 6.54 Å². The Labute approximate surface area is 105 Å². The van der Waals surface area contributed by atoms with E-state index in [1.807, 2.05) is 13.8 Å². The van der Waals surface area contributed by atoms with E-state index in [4.69, 9.17) is 5.11 Å². The van der Waals surface area contributed by atoms with Crippen LogP contribution in [-0.2, 0) is 17.8 Å². The highest BCUT2D eigenvalue weighted by Gasteiger charge is 2.12. The van der Waals surface area contributed by atoms with Gasteiger partial charge in [0.1, 0.15) is 5.69 Å². The van der Waals surface area contributed by atoms with Crippen molar-refractivity contribution in [3.63, 3.8) is 0 Å². The average molecular weight is 251 g/mol. The molecule has 0 bridgehead atoms. The van der Waals surface area contributed by atoms with E-state index < -0.39 is 5.97 Å². The highest BCUT2D eigenvalue weighted by atomic mass is 16.4. The standard InChI is InChI=1S/C12H17N3O3/c1-3-9-8-10(15(4-2)14-9)12(18)13-7-5-6-11(16)17/h5-6,8H,3-4,7H2,1-2H3,(H,13,18)(H,16,17)/b6-5+. The number of nitrogens with one attached hydrogen (secondary N) is 1. The van der Waals surface area contributed by atoms with Crippen LogP contribution < -0.4 is 5.32 Å². The molecule has 0 unspecified atom stereocenters. The number of aryl methyl sites for hydroxylation is 2. The summed E-state index contributed by atoms with van der Waals surface area (Å²) in [5.41, 5.74) is 1.36. The Hall–Kier alpha value is -2.11. The molecule has 1 amide bonds. The third-order valence-corrected chi connectivity index (χ3v) is 2.37. The number of carboxylic acids is 1. The Morgan fingerprint density at radius 3 is 2.78 bits per heavy atom. The van der Waals surface area contributed by atoms with E-state index in [1.165, 1.54) is 6.08 Å². The van der Waals surface area contributed by atoms with Gasteiger partial charge in [0.25, 0.3) is 5.91 Å². The number of hydrogen-bond acceptors (Lipinski definition) is 3. The van der Waals surface area contributed by atoms with Crippen molar-refractivity contribution in [3.8, 4) is 0 Å². The molecule has 1 aromatic rings. The van der Waals surface area contributed by atoms with Crippen LogP contribution in [0.25, 0.3) is 0 Å². The van der Waals surface area contributed by atoms with E-state index in [2.05, 4.69) is 10.4 Å². The summed E-state index contributed by atoms with van der Waals surface area (Å²) in [6.45, 7) is 4.68. The lowest BCUT2D eigenvalue weighted by Crippen LogP contribution is -2.26. The molecule has 18 heavy (non-hydrogen) atoms. The summed E-state index contributed by atoms with van der Waals surface area (Å²) >= 11 is 0. The first-order valence-electron chi connectivity index (χ1n) is 5.82. The quantitative estimate of drug-likeness (QED) is 0.734. The van der Waals surface area contributed by atoms with Crippen molar-refractivity contribution in [2.24, 2.45) is 0 Å². The summed E-state index contributed by atoms with van der Waals surface area (Å²) in [7, 11) is 0. The number of carbonyl (C=O) groups excluding carboxylic acids is 1. The Bertz CT molecular complexity index is 463. The number of rotatable bonds is 6. The van der Waals surface area contributed by atoms with Crippen LogP contribution in [0.1, 0.15) is 30.0 Å². The van der Waals surface area contributed by atoms with Crippen LogP contribution in [-0.4, -0.2) is 33.3 Å². The first-order chi connectivity index (χ1) is 8.58. The lowest BCUT2D eigenvalue weighted by atomic mass is 10.3. The van der Waals surface area contributed by atoms with Crippen LogP contribution in [0.2, 0.25) is 0 Å². The molecule has 0 aliphatic heterocycles. The number of carboxylic acid groups (broad SMARTS) is 1. The molecule has 0 aromatic carbocycles. The van der Waals surface area contributed by atoms with Crippen molar-refractivity contribution >= 4 is 11.9 Å². The molecule has 0 aliphatic carbocycles. The molecule has 0 spiro atoms. The molecule has 1 rings (SSSR count). The van der Waals surface area contributed by atoms with Gasteiger partial charge in [0, 0.05) is 19.2 Å². The van der Waals surface area contributed by atoms with Gasteiger partial charge in [-0.15, -0.1) is 0 Å². The van der Waals surface area contributed by atoms with Gasteiger partial charge in [0.15, 0.2) is 0 Å². The molecule has 2 N–H and O–H groups in total. The fourth-order valence-electron chi connectivity index (χ4n) is 1.47. The third-order valence-electron chi connectivity index (χ3n) is 2.37. The van der Waals surface area contributed by atoms with Gasteiger partial charge in [-0.3, -0.25) is 9.48 Å². The van der Waals surface area contributed by atoms with Crippen molar-refractivity contribution in [1.29, 1.82) is 0 Å². The smallest absolute Gasteiger partial charge is 0.328 e. The van der Waals surface area contributed by atoms with Crippen LogP contribution in [0, 0.1) is 0 Å². The number of aromatic nitrogens is 2. The first-order valence-corrected chi connectivity index (χ1v) is 5.82. The minimum Gasteiger partial charge on any atom is -0.478 e. The van der Waals surface area contributed by atoms with Gasteiger partial charge < -0.3 is 10.4 Å². The Kier molecular flexibility index (Phi) is 5.10. The normalized spacial score (nSPS) is 10.8. The van der Waals surface area contributed by atoms with E-state index in [9.17, 15) is 9.59 Å². The van der Waals surface area contributed by atoms with Crippen LogP contribution in [0.4, 0.5) is 0 Å². The van der Waals surface area contributed by atoms with Crippen LogP contribution in [0.15, 0.2) is 18.2 Å². The predicted molar refractivity (Wildman–Crippen MR) is 66.4 cm³/mol. The largest absolute Gasteiger partial charge is 0.478 e. The fraction of sp³-hybridized carbons (Fsp3) is 0.417. The summed E-state index contributed by atoms with van der Waals surface area (Å²) in [6, 6.07) is 1.75. The zero-order valence-corrected chi connectivity index (χ0v) is 10.5. The molecule has 1 heterocycles. The Balaban J connectivity index is 2.66. The molecular formula is C12H17N3O3. The Morgan fingerprint density at radius 2 is 2.22 bits per heavy atom. The minimum atomic E-state index is -1.03. The molecule has 0 radical (unpaired) electrons. The van der Waals surface area contributed by atoms with E-state index in [1.54, 1.807) is 10.7 Å². The lowest BCUT2D eigenvalue weighted by Gasteiger charge is -2.04. The third kappa shape index (κ3) is 3.73. The zero-order valence-electron chi connectivity index (χ0n) is 10.5. The molecular weight excluding hydrogens is 234 g/mol. The van der Waals surface area contributed by atoms with Crippen molar-refractivity contribution < 1.29 is 14.7 Å². The van der Waals surface area contributed by atoms with Crippen molar-refractivity contribution in [2.45, 2.75) is 26.8 Å². The highest BCUT2D eigenvalue weighted by molar-refractivity contribution is 5.92. The molecule has 6 heteroatoms. The predicted octanol–water partition coefficient (Wildman–Crippen LogP) is 0.836. The second-order valence-electron chi connectivity index (χ2n) is 3.64. The molecule has 0 aliphatic rings. The van der Waals surface area contributed by atoms with Crippen LogP contribution in [0.3, 0.4) is 0 Å². The number of amides is 1. The van der Waals surface area contributed by atoms with Gasteiger partial charge >= 0.3 is 5.97 Å². The summed E-state index contributed by atoms with van der Waals surface area (Å²) in [5, 5.41) is 15.3. The van der Waals surface area contributed by atoms with E-state index in [0.717, 1.165) is 18.2 Å². The van der Waals surface area contributed by atoms with Gasteiger partial charge in [-0.25, -0.2) is 4.79 Å². The average Bonchev–Trinajstić information content (AvgIpc) is 2.77. The lowest BCUT2D eigenvalue weighted by molar-refractivity contribution is -0.131. The summed E-state index contributed by atoms with van der Waals surface area (Å²) < 4.78 is 1.63. The number of nitrogens with zero attached hydrogens (tertiary/aromatic N) is 2. The Morgan fingerprint density at radius 1 is 1.50 bits per heavy atom. The van der Waals surface area contributed by atoms with Crippen molar-refractivity contribution in [1.82, 2.24) is 15.1 Å². The second-order valence-corrected chi connectivity index (χ2v) is 3.64. The summed E-state index contributed by atoms with van der Waals surface area (Å²) in [4.78, 5) is 22.1. The SMILES string of the molecule is CCc1cc(C(=O)NC/C=C/C(=O)O)n(CC)n1. The maximum absolute atomic E-state index is 11.8. The number of hydrogen-bond donors (Lipinski definition) is 2. The van der Waals surface area contributed by atoms with E-state index in [-0.39, 0.29) is 12.5 Å². The zero-order chi connectivity index (χ0) is 13.5. The number of carbonyl (C=O) groups is 2. The molecule has 6 nitrogen and oxygen atoms in total. The maximum atomic E-state index is 11.8. The highest BCUT2D eigenvalue weighted by Crippen LogP contribution is 2.05. The molecule has 98 valence electrons. The van der Waals surface area contributed by atoms with E-state index >= 15 is 0 Å². The van der Waals surface area contributed by atoms with E-state index in [0.29, 0.717) is 12.2 Å². The number of aliphatic carboxylic acids is 1. The maximum Gasteiger partial charge on any atom is 0.328 e. The van der Waals surface area contributed by atoms with Gasteiger partial charge in [0.05, 0.1) is 5.69 Å². The van der Waals surface area contributed by atoms with Crippen molar-refractivity contribution in [3.05, 3.63) is 29.6 Å². The summed E-state index contributed by atoms with van der Waals surface area (Å²) in [6.07, 6.45) is 3.15. The molecule has 0 atom stereocenters. The van der Waals surface area contributed by atoms with Crippen LogP contribution >= 0.6 is 0 Å². The monoisotopic (exact) mass is 251 g/mol. The van der Waals surface area contributed by atoms with Gasteiger partial charge in [-0.1, -0.05) is 13.0 Å². The van der Waals surface area contributed by atoms with Gasteiger partial charge in [-0.05, 0) is 19.4 Å². The molecule has 0 saturated heterocycles. The van der Waals surface area contributed by atoms with Gasteiger partial charge in [-0.2, -0.15) is 5.10 Å². The van der Waals surface area contributed by atoms with Gasteiger partial charge in [0.2, 0.25) is 0 Å². The molecule has 1 aromatic heterocycles. The fourth-order valence-corrected chi connectivity index (χ4v) is 1.47.